The van der Waals surface area contributed by atoms with Crippen molar-refractivity contribution in [2.75, 3.05) is 30.8 Å². The van der Waals surface area contributed by atoms with Crippen molar-refractivity contribution in [3.63, 3.8) is 0 Å². The van der Waals surface area contributed by atoms with E-state index < -0.39 is 0 Å². The molecule has 2 aromatic carbocycles. The molecule has 0 saturated carbocycles. The Morgan fingerprint density at radius 1 is 1.00 bits per heavy atom. The Hall–Kier alpha value is -2.16. The van der Waals surface area contributed by atoms with Crippen molar-refractivity contribution in [3.8, 4) is 5.75 Å². The van der Waals surface area contributed by atoms with Gasteiger partial charge in [0.25, 0.3) is 0 Å². The lowest BCUT2D eigenvalue weighted by atomic mass is 9.87. The fourth-order valence-corrected chi connectivity index (χ4v) is 2.31. The Bertz CT molecular complexity index is 600. The summed E-state index contributed by atoms with van der Waals surface area (Å²) in [5.41, 5.74) is 9.29. The van der Waals surface area contributed by atoms with Gasteiger partial charge in [-0.2, -0.15) is 0 Å². The number of likely N-dealkylation sites (N-methyl/N-ethyl adjacent to an activating group) is 1. The van der Waals surface area contributed by atoms with E-state index in [9.17, 15) is 0 Å². The third-order valence-corrected chi connectivity index (χ3v) is 3.76. The molecule has 0 unspecified atom stereocenters. The number of rotatable bonds is 5. The maximum absolute atomic E-state index is 5.98. The minimum Gasteiger partial charge on any atom is -0.492 e. The largest absolute Gasteiger partial charge is 0.492 e. The summed E-state index contributed by atoms with van der Waals surface area (Å²) in [7, 11) is 2.03. The topological polar surface area (TPSA) is 38.5 Å². The first-order valence-electron chi connectivity index (χ1n) is 7.67. The molecule has 0 heterocycles. The van der Waals surface area contributed by atoms with E-state index in [1.54, 1.807) is 0 Å². The van der Waals surface area contributed by atoms with Gasteiger partial charge in [0.15, 0.2) is 0 Å². The molecule has 0 aliphatic carbocycles. The van der Waals surface area contributed by atoms with Crippen molar-refractivity contribution in [1.82, 2.24) is 0 Å². The van der Waals surface area contributed by atoms with Gasteiger partial charge >= 0.3 is 0 Å². The molecule has 118 valence electrons. The van der Waals surface area contributed by atoms with Crippen molar-refractivity contribution < 1.29 is 4.74 Å². The molecule has 3 nitrogen and oxygen atoms in total. The van der Waals surface area contributed by atoms with Crippen LogP contribution in [0.2, 0.25) is 0 Å². The van der Waals surface area contributed by atoms with Crippen molar-refractivity contribution in [1.29, 1.82) is 0 Å². The second-order valence-electron chi connectivity index (χ2n) is 6.60. The van der Waals surface area contributed by atoms with Crippen molar-refractivity contribution in [2.24, 2.45) is 0 Å². The summed E-state index contributed by atoms with van der Waals surface area (Å²) in [5, 5.41) is 0. The van der Waals surface area contributed by atoms with Crippen molar-refractivity contribution in [2.45, 2.75) is 26.2 Å². The molecule has 3 heteroatoms. The summed E-state index contributed by atoms with van der Waals surface area (Å²) < 4.78 is 5.82. The number of para-hydroxylation sites is 2. The van der Waals surface area contributed by atoms with Crippen LogP contribution in [-0.2, 0) is 5.41 Å². The van der Waals surface area contributed by atoms with Gasteiger partial charge in [-0.25, -0.2) is 0 Å². The maximum atomic E-state index is 5.98. The van der Waals surface area contributed by atoms with E-state index >= 15 is 0 Å². The second-order valence-corrected chi connectivity index (χ2v) is 6.60. The highest BCUT2D eigenvalue weighted by molar-refractivity contribution is 5.66. The highest BCUT2D eigenvalue weighted by Gasteiger charge is 2.13. The molecule has 0 saturated heterocycles. The van der Waals surface area contributed by atoms with Crippen LogP contribution in [0, 0.1) is 0 Å². The van der Waals surface area contributed by atoms with E-state index in [1.165, 1.54) is 5.56 Å². The predicted octanol–water partition coefficient (Wildman–Crippen LogP) is 4.08. The number of hydrogen-bond acceptors (Lipinski definition) is 3. The summed E-state index contributed by atoms with van der Waals surface area (Å²) in [5.74, 6) is 0.905. The standard InChI is InChI=1S/C19H26N2O/c1-19(2,3)15-9-11-16(12-10-15)22-14-13-21(4)18-8-6-5-7-17(18)20/h5-12H,13-14,20H2,1-4H3. The molecule has 0 amide bonds. The minimum atomic E-state index is 0.170. The SMILES string of the molecule is CN(CCOc1ccc(C(C)(C)C)cc1)c1ccccc1N. The summed E-state index contributed by atoms with van der Waals surface area (Å²) >= 11 is 0. The van der Waals surface area contributed by atoms with Crippen LogP contribution in [0.3, 0.4) is 0 Å². The quantitative estimate of drug-likeness (QED) is 0.845. The molecule has 2 aromatic rings. The van der Waals surface area contributed by atoms with Crippen LogP contribution in [0.15, 0.2) is 48.5 Å². The number of hydrogen-bond donors (Lipinski definition) is 1. The third kappa shape index (κ3) is 4.17. The number of nitrogens with two attached hydrogens (primary N) is 1. The van der Waals surface area contributed by atoms with Crippen molar-refractivity contribution in [3.05, 3.63) is 54.1 Å². The summed E-state index contributed by atoms with van der Waals surface area (Å²) in [6.45, 7) is 8.04. The van der Waals surface area contributed by atoms with Crippen LogP contribution in [-0.4, -0.2) is 20.2 Å². The zero-order chi connectivity index (χ0) is 16.2. The van der Waals surface area contributed by atoms with Gasteiger partial charge in [-0.05, 0) is 35.2 Å². The van der Waals surface area contributed by atoms with Crippen LogP contribution < -0.4 is 15.4 Å². The van der Waals surface area contributed by atoms with Crippen molar-refractivity contribution >= 4 is 11.4 Å². The second kappa shape index (κ2) is 6.73. The van der Waals surface area contributed by atoms with Gasteiger partial charge < -0.3 is 15.4 Å². The van der Waals surface area contributed by atoms with Gasteiger partial charge in [-0.15, -0.1) is 0 Å². The molecule has 0 spiro atoms. The zero-order valence-electron chi connectivity index (χ0n) is 14.0. The molecular formula is C19H26N2O. The average Bonchev–Trinajstić information content (AvgIpc) is 2.47. The zero-order valence-corrected chi connectivity index (χ0v) is 14.0. The lowest BCUT2D eigenvalue weighted by Crippen LogP contribution is -2.24. The average molecular weight is 298 g/mol. The number of benzene rings is 2. The number of nitrogen functional groups attached to an aromatic ring is 1. The van der Waals surface area contributed by atoms with Gasteiger partial charge in [0.05, 0.1) is 17.9 Å². The molecule has 0 radical (unpaired) electrons. The highest BCUT2D eigenvalue weighted by atomic mass is 16.5. The summed E-state index contributed by atoms with van der Waals surface area (Å²) in [6, 6.07) is 16.2. The fraction of sp³-hybridized carbons (Fsp3) is 0.368. The van der Waals surface area contributed by atoms with Gasteiger partial charge in [0, 0.05) is 7.05 Å². The highest BCUT2D eigenvalue weighted by Crippen LogP contribution is 2.24. The van der Waals surface area contributed by atoms with E-state index in [-0.39, 0.29) is 5.41 Å². The summed E-state index contributed by atoms with van der Waals surface area (Å²) in [4.78, 5) is 2.11. The molecule has 2 rings (SSSR count). The first kappa shape index (κ1) is 16.2. The molecule has 22 heavy (non-hydrogen) atoms. The van der Waals surface area contributed by atoms with Gasteiger partial charge in [0.1, 0.15) is 12.4 Å². The van der Waals surface area contributed by atoms with Crippen LogP contribution in [0.5, 0.6) is 5.75 Å². The Kier molecular flexibility index (Phi) is 4.96. The third-order valence-electron chi connectivity index (χ3n) is 3.76. The van der Waals surface area contributed by atoms with E-state index in [0.717, 1.165) is 23.7 Å². The van der Waals surface area contributed by atoms with Crippen LogP contribution in [0.1, 0.15) is 26.3 Å². The Morgan fingerprint density at radius 2 is 1.64 bits per heavy atom. The van der Waals surface area contributed by atoms with Crippen LogP contribution >= 0.6 is 0 Å². The van der Waals surface area contributed by atoms with E-state index in [1.807, 2.05) is 43.4 Å². The molecule has 0 aromatic heterocycles. The normalized spacial score (nSPS) is 11.3. The molecule has 0 fully saturated rings. The molecule has 0 bridgehead atoms. The summed E-state index contributed by atoms with van der Waals surface area (Å²) in [6.07, 6.45) is 0. The Balaban J connectivity index is 1.87. The fourth-order valence-electron chi connectivity index (χ4n) is 2.31. The van der Waals surface area contributed by atoms with Gasteiger partial charge in [-0.3, -0.25) is 0 Å². The first-order chi connectivity index (χ1) is 10.4. The molecule has 0 atom stereocenters. The van der Waals surface area contributed by atoms with E-state index in [2.05, 4.69) is 37.8 Å². The lowest BCUT2D eigenvalue weighted by Gasteiger charge is -2.21. The number of nitrogens with zero attached hydrogens (tertiary/aromatic N) is 1. The molecule has 2 N–H and O–H groups in total. The Labute approximate surface area is 133 Å². The van der Waals surface area contributed by atoms with Crippen LogP contribution in [0.4, 0.5) is 11.4 Å². The Morgan fingerprint density at radius 3 is 2.23 bits per heavy atom. The first-order valence-corrected chi connectivity index (χ1v) is 7.67. The van der Waals surface area contributed by atoms with E-state index in [0.29, 0.717) is 6.61 Å². The number of ether oxygens (including phenoxy) is 1. The minimum absolute atomic E-state index is 0.170. The van der Waals surface area contributed by atoms with Gasteiger partial charge in [0.2, 0.25) is 0 Å². The molecular weight excluding hydrogens is 272 g/mol. The van der Waals surface area contributed by atoms with E-state index in [4.69, 9.17) is 10.5 Å². The smallest absolute Gasteiger partial charge is 0.119 e. The van der Waals surface area contributed by atoms with Crippen LogP contribution in [0.25, 0.3) is 0 Å². The number of anilines is 2. The van der Waals surface area contributed by atoms with Gasteiger partial charge in [-0.1, -0.05) is 45.0 Å². The molecule has 0 aliphatic heterocycles. The molecule has 0 aliphatic rings. The maximum Gasteiger partial charge on any atom is 0.119 e. The monoisotopic (exact) mass is 298 g/mol. The lowest BCUT2D eigenvalue weighted by molar-refractivity contribution is 0.326. The predicted molar refractivity (Wildman–Crippen MR) is 94.8 cm³/mol.